The van der Waals surface area contributed by atoms with E-state index in [0.717, 1.165) is 31.8 Å². The monoisotopic (exact) mass is 310 g/mol. The number of hydrogen-bond acceptors (Lipinski definition) is 3. The van der Waals surface area contributed by atoms with E-state index in [0.29, 0.717) is 12.1 Å². The molecule has 0 bridgehead atoms. The van der Waals surface area contributed by atoms with Crippen LogP contribution in [0.4, 0.5) is 4.79 Å². The maximum Gasteiger partial charge on any atom is 0.410 e. The predicted octanol–water partition coefficient (Wildman–Crippen LogP) is 3.94. The predicted molar refractivity (Wildman–Crippen MR) is 90.0 cm³/mol. The van der Waals surface area contributed by atoms with Gasteiger partial charge in [-0.05, 0) is 59.3 Å². The summed E-state index contributed by atoms with van der Waals surface area (Å²) in [6.07, 6.45) is 8.88. The van der Waals surface area contributed by atoms with Crippen LogP contribution < -0.4 is 5.32 Å². The van der Waals surface area contributed by atoms with Gasteiger partial charge in [-0.2, -0.15) is 0 Å². The topological polar surface area (TPSA) is 41.6 Å². The third-order valence-corrected chi connectivity index (χ3v) is 5.00. The van der Waals surface area contributed by atoms with Crippen LogP contribution in [0.1, 0.15) is 72.6 Å². The quantitative estimate of drug-likeness (QED) is 0.858. The molecule has 2 fully saturated rings. The third-order valence-electron chi connectivity index (χ3n) is 5.00. The first-order valence-corrected chi connectivity index (χ1v) is 9.09. The van der Waals surface area contributed by atoms with Crippen molar-refractivity contribution < 1.29 is 9.53 Å². The van der Waals surface area contributed by atoms with E-state index in [9.17, 15) is 4.79 Å². The summed E-state index contributed by atoms with van der Waals surface area (Å²) in [6, 6.07) is 1.16. The number of nitrogens with one attached hydrogen (secondary N) is 1. The van der Waals surface area contributed by atoms with E-state index in [2.05, 4.69) is 12.2 Å². The number of carbonyl (C=O) groups is 1. The van der Waals surface area contributed by atoms with Crippen LogP contribution >= 0.6 is 0 Å². The van der Waals surface area contributed by atoms with Gasteiger partial charge < -0.3 is 15.0 Å². The van der Waals surface area contributed by atoms with E-state index in [1.165, 1.54) is 32.1 Å². The lowest BCUT2D eigenvalue weighted by Crippen LogP contribution is -2.49. The molecule has 1 aliphatic carbocycles. The van der Waals surface area contributed by atoms with Gasteiger partial charge in [0.2, 0.25) is 0 Å². The van der Waals surface area contributed by atoms with Crippen molar-refractivity contribution >= 4 is 6.09 Å². The Labute approximate surface area is 136 Å². The van der Waals surface area contributed by atoms with Crippen LogP contribution in [0.2, 0.25) is 0 Å². The Hall–Kier alpha value is -0.770. The summed E-state index contributed by atoms with van der Waals surface area (Å²) in [6.45, 7) is 9.73. The average Bonchev–Trinajstić information content (AvgIpc) is 2.47. The highest BCUT2D eigenvalue weighted by Gasteiger charge is 2.28. The fraction of sp³-hybridized carbons (Fsp3) is 0.944. The van der Waals surface area contributed by atoms with Gasteiger partial charge in [0.1, 0.15) is 5.60 Å². The molecule has 0 radical (unpaired) electrons. The zero-order valence-electron chi connectivity index (χ0n) is 14.9. The maximum atomic E-state index is 12.1. The summed E-state index contributed by atoms with van der Waals surface area (Å²) in [4.78, 5) is 13.9. The average molecular weight is 310 g/mol. The highest BCUT2D eigenvalue weighted by atomic mass is 16.6. The number of ether oxygens (including phenoxy) is 1. The van der Waals surface area contributed by atoms with Crippen LogP contribution in [0, 0.1) is 5.92 Å². The SMILES string of the molecule is C[C@H](NC1CCN(C(=O)OC(C)(C)C)CC1)C1CCCCC1. The van der Waals surface area contributed by atoms with E-state index in [-0.39, 0.29) is 6.09 Å². The summed E-state index contributed by atoms with van der Waals surface area (Å²) in [7, 11) is 0. The molecule has 1 atom stereocenters. The molecule has 1 heterocycles. The van der Waals surface area contributed by atoms with Crippen LogP contribution in [0.5, 0.6) is 0 Å². The maximum absolute atomic E-state index is 12.1. The second-order valence-electron chi connectivity index (χ2n) is 8.10. The summed E-state index contributed by atoms with van der Waals surface area (Å²) in [5.41, 5.74) is -0.401. The standard InChI is InChI=1S/C18H34N2O2/c1-14(15-8-6-5-7-9-15)19-16-10-12-20(13-11-16)17(21)22-18(2,3)4/h14-16,19H,5-13H2,1-4H3/t14-/m0/s1. The van der Waals surface area contributed by atoms with Crippen molar-refractivity contribution in [2.24, 2.45) is 5.92 Å². The number of amides is 1. The van der Waals surface area contributed by atoms with E-state index < -0.39 is 5.60 Å². The molecule has 0 unspecified atom stereocenters. The van der Waals surface area contributed by atoms with Gasteiger partial charge in [0.25, 0.3) is 0 Å². The minimum atomic E-state index is -0.401. The highest BCUT2D eigenvalue weighted by molar-refractivity contribution is 5.68. The fourth-order valence-electron chi connectivity index (χ4n) is 3.70. The Bertz CT molecular complexity index is 351. The molecule has 0 spiro atoms. The molecular formula is C18H34N2O2. The number of nitrogens with zero attached hydrogens (tertiary/aromatic N) is 1. The van der Waals surface area contributed by atoms with Gasteiger partial charge in [0.15, 0.2) is 0 Å². The minimum absolute atomic E-state index is 0.161. The second-order valence-corrected chi connectivity index (χ2v) is 8.10. The number of piperidine rings is 1. The van der Waals surface area contributed by atoms with Gasteiger partial charge in [-0.3, -0.25) is 0 Å². The van der Waals surface area contributed by atoms with Crippen molar-refractivity contribution in [1.29, 1.82) is 0 Å². The Morgan fingerprint density at radius 1 is 1.09 bits per heavy atom. The molecule has 128 valence electrons. The van der Waals surface area contributed by atoms with Gasteiger partial charge in [0, 0.05) is 25.2 Å². The molecule has 1 aliphatic heterocycles. The normalized spacial score (nSPS) is 23.4. The molecule has 0 aromatic heterocycles. The van der Waals surface area contributed by atoms with E-state index in [1.807, 2.05) is 25.7 Å². The van der Waals surface area contributed by atoms with Crippen LogP contribution in [0.15, 0.2) is 0 Å². The second kappa shape index (κ2) is 7.67. The van der Waals surface area contributed by atoms with Gasteiger partial charge in [-0.25, -0.2) is 4.79 Å². The fourth-order valence-corrected chi connectivity index (χ4v) is 3.70. The molecule has 1 saturated carbocycles. The van der Waals surface area contributed by atoms with Crippen LogP contribution in [0.3, 0.4) is 0 Å². The molecular weight excluding hydrogens is 276 g/mol. The van der Waals surface area contributed by atoms with E-state index in [1.54, 1.807) is 0 Å². The third kappa shape index (κ3) is 5.45. The summed E-state index contributed by atoms with van der Waals surface area (Å²) < 4.78 is 5.46. The van der Waals surface area contributed by atoms with Gasteiger partial charge >= 0.3 is 6.09 Å². The largest absolute Gasteiger partial charge is 0.444 e. The number of likely N-dealkylation sites (tertiary alicyclic amines) is 1. The number of rotatable bonds is 3. The summed E-state index contributed by atoms with van der Waals surface area (Å²) >= 11 is 0. The van der Waals surface area contributed by atoms with E-state index in [4.69, 9.17) is 4.74 Å². The van der Waals surface area contributed by atoms with Crippen molar-refractivity contribution in [3.63, 3.8) is 0 Å². The molecule has 22 heavy (non-hydrogen) atoms. The van der Waals surface area contributed by atoms with Crippen LogP contribution in [-0.4, -0.2) is 41.8 Å². The highest BCUT2D eigenvalue weighted by Crippen LogP contribution is 2.27. The lowest BCUT2D eigenvalue weighted by Gasteiger charge is -2.37. The molecule has 2 aliphatic rings. The van der Waals surface area contributed by atoms with Crippen molar-refractivity contribution in [3.05, 3.63) is 0 Å². The molecule has 4 nitrogen and oxygen atoms in total. The molecule has 0 aromatic carbocycles. The van der Waals surface area contributed by atoms with Crippen LogP contribution in [-0.2, 0) is 4.74 Å². The van der Waals surface area contributed by atoms with Crippen molar-refractivity contribution in [1.82, 2.24) is 10.2 Å². The van der Waals surface area contributed by atoms with Gasteiger partial charge in [-0.15, -0.1) is 0 Å². The molecule has 0 aromatic rings. The lowest BCUT2D eigenvalue weighted by atomic mass is 9.84. The zero-order valence-corrected chi connectivity index (χ0v) is 14.9. The van der Waals surface area contributed by atoms with Crippen LogP contribution in [0.25, 0.3) is 0 Å². The minimum Gasteiger partial charge on any atom is -0.444 e. The number of hydrogen-bond donors (Lipinski definition) is 1. The van der Waals surface area contributed by atoms with Crippen molar-refractivity contribution in [2.45, 2.75) is 90.3 Å². The Kier molecular flexibility index (Phi) is 6.13. The molecule has 1 amide bonds. The Morgan fingerprint density at radius 2 is 1.68 bits per heavy atom. The first-order valence-electron chi connectivity index (χ1n) is 9.09. The molecule has 2 rings (SSSR count). The van der Waals surface area contributed by atoms with Crippen molar-refractivity contribution in [2.75, 3.05) is 13.1 Å². The first kappa shape index (κ1) is 17.6. The summed E-state index contributed by atoms with van der Waals surface area (Å²) in [5, 5.41) is 3.82. The smallest absolute Gasteiger partial charge is 0.410 e. The summed E-state index contributed by atoms with van der Waals surface area (Å²) in [5.74, 6) is 0.845. The Morgan fingerprint density at radius 3 is 2.23 bits per heavy atom. The Balaban J connectivity index is 1.71. The lowest BCUT2D eigenvalue weighted by molar-refractivity contribution is 0.0193. The van der Waals surface area contributed by atoms with Crippen molar-refractivity contribution in [3.8, 4) is 0 Å². The van der Waals surface area contributed by atoms with E-state index >= 15 is 0 Å². The zero-order chi connectivity index (χ0) is 16.2. The molecule has 4 heteroatoms. The molecule has 1 saturated heterocycles. The van der Waals surface area contributed by atoms with Gasteiger partial charge in [-0.1, -0.05) is 19.3 Å². The number of carbonyl (C=O) groups excluding carboxylic acids is 1. The first-order chi connectivity index (χ1) is 10.3. The molecule has 1 N–H and O–H groups in total. The van der Waals surface area contributed by atoms with Gasteiger partial charge in [0.05, 0.1) is 0 Å².